The summed E-state index contributed by atoms with van der Waals surface area (Å²) < 4.78 is 10.9. The van der Waals surface area contributed by atoms with E-state index in [1.807, 2.05) is 4.90 Å². The van der Waals surface area contributed by atoms with Crippen LogP contribution in [0.2, 0.25) is 0 Å². The zero-order valence-corrected chi connectivity index (χ0v) is 14.9. The molecule has 1 aromatic heterocycles. The Kier molecular flexibility index (Phi) is 6.30. The average molecular weight is 348 g/mol. The van der Waals surface area contributed by atoms with Crippen LogP contribution in [0.25, 0.3) is 0 Å². The molecule has 138 valence electrons. The lowest BCUT2D eigenvalue weighted by Gasteiger charge is -2.33. The van der Waals surface area contributed by atoms with Gasteiger partial charge >= 0.3 is 6.03 Å². The van der Waals surface area contributed by atoms with Gasteiger partial charge in [0, 0.05) is 24.7 Å². The van der Waals surface area contributed by atoms with Crippen molar-refractivity contribution >= 4 is 6.03 Å². The molecular weight excluding hydrogens is 320 g/mol. The molecule has 2 amide bonds. The fraction of sp³-hybridized carbons (Fsp3) is 0.722. The van der Waals surface area contributed by atoms with Crippen molar-refractivity contribution in [1.82, 2.24) is 20.4 Å². The van der Waals surface area contributed by atoms with Gasteiger partial charge in [-0.3, -0.25) is 0 Å². The summed E-state index contributed by atoms with van der Waals surface area (Å²) in [6, 6.07) is 3.84. The highest BCUT2D eigenvalue weighted by Crippen LogP contribution is 2.20. The maximum atomic E-state index is 12.6. The molecule has 1 aromatic rings. The van der Waals surface area contributed by atoms with Crippen LogP contribution in [0.15, 0.2) is 12.1 Å². The first kappa shape index (κ1) is 17.8. The highest BCUT2D eigenvalue weighted by molar-refractivity contribution is 5.74. The third-order valence-electron chi connectivity index (χ3n) is 4.96. The van der Waals surface area contributed by atoms with Crippen molar-refractivity contribution in [3.05, 3.63) is 12.1 Å². The number of rotatable bonds is 4. The SMILES string of the molecule is COc1ccc(OC2CCCN(C(=O)NC3CCCCCC3)C2)nn1. The summed E-state index contributed by atoms with van der Waals surface area (Å²) in [7, 11) is 1.55. The summed E-state index contributed by atoms with van der Waals surface area (Å²) in [6.07, 6.45) is 9.01. The molecule has 2 heterocycles. The van der Waals surface area contributed by atoms with Crippen LogP contribution in [0.5, 0.6) is 11.8 Å². The Morgan fingerprint density at radius 1 is 1.08 bits per heavy atom. The second-order valence-electron chi connectivity index (χ2n) is 6.88. The summed E-state index contributed by atoms with van der Waals surface area (Å²) in [5.74, 6) is 0.928. The van der Waals surface area contributed by atoms with Gasteiger partial charge in [0.25, 0.3) is 0 Å². The van der Waals surface area contributed by atoms with Crippen molar-refractivity contribution in [1.29, 1.82) is 0 Å². The molecule has 1 saturated carbocycles. The number of piperidine rings is 1. The van der Waals surface area contributed by atoms with E-state index in [9.17, 15) is 4.79 Å². The Morgan fingerprint density at radius 2 is 1.80 bits per heavy atom. The number of carbonyl (C=O) groups is 1. The number of likely N-dealkylation sites (tertiary alicyclic amines) is 1. The maximum absolute atomic E-state index is 12.6. The smallest absolute Gasteiger partial charge is 0.317 e. The van der Waals surface area contributed by atoms with Crippen molar-refractivity contribution in [2.45, 2.75) is 63.5 Å². The molecule has 0 bridgehead atoms. The Bertz CT molecular complexity index is 544. The van der Waals surface area contributed by atoms with Gasteiger partial charge in [0.05, 0.1) is 13.7 Å². The molecule has 1 unspecified atom stereocenters. The van der Waals surface area contributed by atoms with Crippen molar-refractivity contribution in [2.24, 2.45) is 0 Å². The Labute approximate surface area is 149 Å². The molecule has 1 saturated heterocycles. The second-order valence-corrected chi connectivity index (χ2v) is 6.88. The van der Waals surface area contributed by atoms with E-state index < -0.39 is 0 Å². The molecule has 0 aromatic carbocycles. The normalized spacial score (nSPS) is 22.1. The van der Waals surface area contributed by atoms with E-state index >= 15 is 0 Å². The van der Waals surface area contributed by atoms with Gasteiger partial charge in [-0.05, 0) is 25.7 Å². The summed E-state index contributed by atoms with van der Waals surface area (Å²) in [5.41, 5.74) is 0. The van der Waals surface area contributed by atoms with Crippen LogP contribution >= 0.6 is 0 Å². The monoisotopic (exact) mass is 348 g/mol. The predicted octanol–water partition coefficient (Wildman–Crippen LogP) is 2.76. The van der Waals surface area contributed by atoms with Gasteiger partial charge < -0.3 is 19.7 Å². The van der Waals surface area contributed by atoms with Crippen molar-refractivity contribution in [2.75, 3.05) is 20.2 Å². The average Bonchev–Trinajstić information content (AvgIpc) is 2.91. The van der Waals surface area contributed by atoms with Crippen molar-refractivity contribution in [3.8, 4) is 11.8 Å². The minimum atomic E-state index is -0.0451. The number of carbonyl (C=O) groups excluding carboxylic acids is 1. The third-order valence-corrected chi connectivity index (χ3v) is 4.96. The molecule has 2 aliphatic rings. The van der Waals surface area contributed by atoms with Crippen LogP contribution < -0.4 is 14.8 Å². The predicted molar refractivity (Wildman–Crippen MR) is 93.8 cm³/mol. The van der Waals surface area contributed by atoms with E-state index in [1.54, 1.807) is 19.2 Å². The molecular formula is C18H28N4O3. The van der Waals surface area contributed by atoms with Gasteiger partial charge in [0.15, 0.2) is 0 Å². The number of hydrogen-bond acceptors (Lipinski definition) is 5. The highest BCUT2D eigenvalue weighted by Gasteiger charge is 2.26. The summed E-state index contributed by atoms with van der Waals surface area (Å²) >= 11 is 0. The van der Waals surface area contributed by atoms with Crippen LogP contribution in [0.1, 0.15) is 51.4 Å². The van der Waals surface area contributed by atoms with E-state index in [-0.39, 0.29) is 12.1 Å². The van der Waals surface area contributed by atoms with Crippen LogP contribution in [0.4, 0.5) is 4.79 Å². The van der Waals surface area contributed by atoms with Crippen LogP contribution in [-0.4, -0.2) is 53.5 Å². The standard InChI is InChI=1S/C18H28N4O3/c1-24-16-10-11-17(21-20-16)25-15-9-6-12-22(13-15)18(23)19-14-7-4-2-3-5-8-14/h10-11,14-15H,2-9,12-13H2,1H3,(H,19,23). The Morgan fingerprint density at radius 3 is 2.48 bits per heavy atom. The minimum Gasteiger partial charge on any atom is -0.480 e. The molecule has 1 atom stereocenters. The third kappa shape index (κ3) is 5.21. The van der Waals surface area contributed by atoms with E-state index in [4.69, 9.17) is 9.47 Å². The lowest BCUT2D eigenvalue weighted by molar-refractivity contribution is 0.0954. The zero-order chi connectivity index (χ0) is 17.5. The Hall–Kier alpha value is -2.05. The number of urea groups is 1. The van der Waals surface area contributed by atoms with Gasteiger partial charge in [-0.1, -0.05) is 25.7 Å². The first-order chi connectivity index (χ1) is 12.2. The zero-order valence-electron chi connectivity index (χ0n) is 14.9. The van der Waals surface area contributed by atoms with Crippen LogP contribution in [0.3, 0.4) is 0 Å². The maximum Gasteiger partial charge on any atom is 0.317 e. The van der Waals surface area contributed by atoms with E-state index in [0.29, 0.717) is 24.3 Å². The summed E-state index contributed by atoms with van der Waals surface area (Å²) in [5, 5.41) is 11.1. The molecule has 0 spiro atoms. The topological polar surface area (TPSA) is 76.6 Å². The lowest BCUT2D eigenvalue weighted by atomic mass is 10.1. The molecule has 7 nitrogen and oxygen atoms in total. The molecule has 1 N–H and O–H groups in total. The van der Waals surface area contributed by atoms with E-state index in [2.05, 4.69) is 15.5 Å². The van der Waals surface area contributed by atoms with Gasteiger partial charge in [0.2, 0.25) is 11.8 Å². The molecule has 1 aliphatic heterocycles. The van der Waals surface area contributed by atoms with Gasteiger partial charge in [-0.25, -0.2) is 4.79 Å². The quantitative estimate of drug-likeness (QED) is 0.847. The first-order valence-corrected chi connectivity index (χ1v) is 9.34. The largest absolute Gasteiger partial charge is 0.480 e. The van der Waals surface area contributed by atoms with Gasteiger partial charge in [-0.2, -0.15) is 0 Å². The number of methoxy groups -OCH3 is 1. The number of nitrogens with zero attached hydrogens (tertiary/aromatic N) is 3. The first-order valence-electron chi connectivity index (χ1n) is 9.34. The fourth-order valence-electron chi connectivity index (χ4n) is 3.56. The summed E-state index contributed by atoms with van der Waals surface area (Å²) in [6.45, 7) is 1.37. The molecule has 7 heteroatoms. The molecule has 3 rings (SSSR count). The lowest BCUT2D eigenvalue weighted by Crippen LogP contribution is -2.50. The van der Waals surface area contributed by atoms with E-state index in [1.165, 1.54) is 25.7 Å². The second kappa shape index (κ2) is 8.87. The van der Waals surface area contributed by atoms with Gasteiger partial charge in [0.1, 0.15) is 6.10 Å². The number of ether oxygens (including phenoxy) is 2. The Balaban J connectivity index is 1.50. The van der Waals surface area contributed by atoms with Crippen molar-refractivity contribution < 1.29 is 14.3 Å². The number of hydrogen-bond donors (Lipinski definition) is 1. The van der Waals surface area contributed by atoms with Gasteiger partial charge in [-0.15, -0.1) is 10.2 Å². The van der Waals surface area contributed by atoms with E-state index in [0.717, 1.165) is 32.2 Å². The molecule has 1 aliphatic carbocycles. The molecule has 25 heavy (non-hydrogen) atoms. The minimum absolute atomic E-state index is 0.0426. The summed E-state index contributed by atoms with van der Waals surface area (Å²) in [4.78, 5) is 14.4. The number of amides is 2. The van der Waals surface area contributed by atoms with Crippen LogP contribution in [-0.2, 0) is 0 Å². The number of nitrogens with one attached hydrogen (secondary N) is 1. The number of aromatic nitrogens is 2. The van der Waals surface area contributed by atoms with Crippen LogP contribution in [0, 0.1) is 0 Å². The fourth-order valence-corrected chi connectivity index (χ4v) is 3.56. The molecule has 2 fully saturated rings. The van der Waals surface area contributed by atoms with Crippen molar-refractivity contribution in [3.63, 3.8) is 0 Å². The highest BCUT2D eigenvalue weighted by atomic mass is 16.5. The molecule has 0 radical (unpaired) electrons.